The fraction of sp³-hybridized carbons (Fsp3) is 0.0588. The maximum absolute atomic E-state index is 5.97. The topological polar surface area (TPSA) is 15.8 Å². The number of benzene rings is 2. The summed E-state index contributed by atoms with van der Waals surface area (Å²) in [6.07, 6.45) is 0. The minimum Gasteiger partial charge on any atom is -0.348 e. The van der Waals surface area contributed by atoms with Gasteiger partial charge in [0.2, 0.25) is 0 Å². The van der Waals surface area contributed by atoms with Gasteiger partial charge in [-0.25, -0.2) is 0 Å². The summed E-state index contributed by atoms with van der Waals surface area (Å²) < 4.78 is 0. The number of H-pyrrole nitrogens is 1. The summed E-state index contributed by atoms with van der Waals surface area (Å²) in [4.78, 5) is 3.27. The zero-order valence-electron chi connectivity index (χ0n) is 10.5. The van der Waals surface area contributed by atoms with Crippen molar-refractivity contribution in [1.82, 2.24) is 4.98 Å². The van der Waals surface area contributed by atoms with Crippen LogP contribution in [-0.4, -0.2) is 4.98 Å². The molecule has 1 heterocycles. The van der Waals surface area contributed by atoms with Gasteiger partial charge in [-0.05, 0) is 49.2 Å². The van der Waals surface area contributed by atoms with Crippen LogP contribution in [0.5, 0.6) is 0 Å². The fourth-order valence-corrected chi connectivity index (χ4v) is 2.13. The second-order valence-corrected chi connectivity index (χ2v) is 4.97. The summed E-state index contributed by atoms with van der Waals surface area (Å²) in [6.45, 7) is 2.07. The Balaban J connectivity index is 1.95. The molecule has 0 bridgehead atoms. The maximum Gasteiger partial charge on any atom is 0.0908 e. The number of hydrogen-bond donors (Lipinski definition) is 1. The van der Waals surface area contributed by atoms with E-state index < -0.39 is 0 Å². The lowest BCUT2D eigenvalue weighted by Gasteiger charge is -1.91. The van der Waals surface area contributed by atoms with Crippen molar-refractivity contribution in [2.24, 2.45) is 0 Å². The minimum atomic E-state index is 0.740. The Kier molecular flexibility index (Phi) is 3.03. The molecule has 0 aliphatic carbocycles. The fourth-order valence-electron chi connectivity index (χ4n) is 1.95. The van der Waals surface area contributed by atoms with Crippen LogP contribution in [0.1, 0.15) is 16.8 Å². The van der Waals surface area contributed by atoms with Crippen molar-refractivity contribution in [3.63, 3.8) is 0 Å². The van der Waals surface area contributed by atoms with Crippen LogP contribution in [0.25, 0.3) is 10.9 Å². The van der Waals surface area contributed by atoms with Crippen LogP contribution >= 0.6 is 11.6 Å². The van der Waals surface area contributed by atoms with Crippen molar-refractivity contribution in [2.75, 3.05) is 0 Å². The third-order valence-corrected chi connectivity index (χ3v) is 3.21. The number of rotatable bonds is 0. The van der Waals surface area contributed by atoms with Crippen LogP contribution in [-0.2, 0) is 0 Å². The van der Waals surface area contributed by atoms with Crippen molar-refractivity contribution in [1.29, 1.82) is 0 Å². The molecule has 19 heavy (non-hydrogen) atoms. The molecule has 0 spiro atoms. The summed E-state index contributed by atoms with van der Waals surface area (Å²) in [5.41, 5.74) is 4.21. The minimum absolute atomic E-state index is 0.740. The summed E-state index contributed by atoms with van der Waals surface area (Å²) in [5.74, 6) is 6.29. The number of hydrogen-bond acceptors (Lipinski definition) is 0. The Bertz CT molecular complexity index is 785. The Morgan fingerprint density at radius 3 is 2.53 bits per heavy atom. The first-order valence-electron chi connectivity index (χ1n) is 6.08. The van der Waals surface area contributed by atoms with E-state index in [1.165, 1.54) is 5.56 Å². The van der Waals surface area contributed by atoms with E-state index in [0.717, 1.165) is 27.2 Å². The van der Waals surface area contributed by atoms with E-state index in [1.54, 1.807) is 0 Å². The van der Waals surface area contributed by atoms with Gasteiger partial charge in [0.25, 0.3) is 0 Å². The molecule has 1 nitrogen and oxygen atoms in total. The van der Waals surface area contributed by atoms with Crippen molar-refractivity contribution in [3.05, 3.63) is 70.4 Å². The molecule has 92 valence electrons. The molecule has 0 unspecified atom stereocenters. The Labute approximate surface area is 117 Å². The Hall–Kier alpha value is -2.17. The van der Waals surface area contributed by atoms with Gasteiger partial charge in [0.15, 0.2) is 0 Å². The summed E-state index contributed by atoms with van der Waals surface area (Å²) in [5, 5.41) is 1.82. The third kappa shape index (κ3) is 2.65. The van der Waals surface area contributed by atoms with E-state index >= 15 is 0 Å². The van der Waals surface area contributed by atoms with Crippen LogP contribution < -0.4 is 0 Å². The average Bonchev–Trinajstić information content (AvgIpc) is 2.80. The standard InChI is InChI=1S/C17H12ClN/c1-12-2-4-13(5-3-12)6-8-16-11-14-10-15(18)7-9-17(14)19-16/h2-5,7,9-11,19H,1H3. The first kappa shape index (κ1) is 11.9. The van der Waals surface area contributed by atoms with Gasteiger partial charge in [0.1, 0.15) is 0 Å². The van der Waals surface area contributed by atoms with E-state index in [-0.39, 0.29) is 0 Å². The quantitative estimate of drug-likeness (QED) is 0.575. The van der Waals surface area contributed by atoms with Gasteiger partial charge in [0, 0.05) is 21.5 Å². The van der Waals surface area contributed by atoms with Gasteiger partial charge >= 0.3 is 0 Å². The van der Waals surface area contributed by atoms with E-state index in [0.29, 0.717) is 0 Å². The van der Waals surface area contributed by atoms with Crippen LogP contribution in [0.3, 0.4) is 0 Å². The lowest BCUT2D eigenvalue weighted by molar-refractivity contribution is 1.42. The monoisotopic (exact) mass is 265 g/mol. The molecule has 0 aliphatic heterocycles. The predicted molar refractivity (Wildman–Crippen MR) is 80.5 cm³/mol. The van der Waals surface area contributed by atoms with Gasteiger partial charge in [-0.2, -0.15) is 0 Å². The SMILES string of the molecule is Cc1ccc(C#Cc2cc3cc(Cl)ccc3[nH]2)cc1. The summed E-state index contributed by atoms with van der Waals surface area (Å²) in [7, 11) is 0. The highest BCUT2D eigenvalue weighted by atomic mass is 35.5. The molecule has 0 amide bonds. The molecule has 0 radical (unpaired) electrons. The smallest absolute Gasteiger partial charge is 0.0908 e. The third-order valence-electron chi connectivity index (χ3n) is 2.98. The number of fused-ring (bicyclic) bond motifs is 1. The first-order valence-corrected chi connectivity index (χ1v) is 6.45. The molecule has 2 aromatic carbocycles. The zero-order chi connectivity index (χ0) is 13.2. The van der Waals surface area contributed by atoms with Gasteiger partial charge < -0.3 is 4.98 Å². The van der Waals surface area contributed by atoms with Crippen LogP contribution in [0.4, 0.5) is 0 Å². The predicted octanol–water partition coefficient (Wildman–Crippen LogP) is 4.53. The number of aromatic amines is 1. The van der Waals surface area contributed by atoms with Crippen molar-refractivity contribution in [3.8, 4) is 11.8 Å². The Morgan fingerprint density at radius 2 is 1.74 bits per heavy atom. The molecular weight excluding hydrogens is 254 g/mol. The number of aryl methyl sites for hydroxylation is 1. The van der Waals surface area contributed by atoms with Gasteiger partial charge in [-0.3, -0.25) is 0 Å². The molecule has 0 saturated carbocycles. The van der Waals surface area contributed by atoms with Crippen LogP contribution in [0, 0.1) is 18.8 Å². The molecule has 1 N–H and O–H groups in total. The van der Waals surface area contributed by atoms with Crippen LogP contribution in [0.15, 0.2) is 48.5 Å². The molecular formula is C17H12ClN. The highest BCUT2D eigenvalue weighted by Crippen LogP contribution is 2.19. The van der Waals surface area contributed by atoms with Crippen molar-refractivity contribution in [2.45, 2.75) is 6.92 Å². The highest BCUT2D eigenvalue weighted by Gasteiger charge is 1.98. The maximum atomic E-state index is 5.97. The van der Waals surface area contributed by atoms with E-state index in [1.807, 2.05) is 36.4 Å². The number of aromatic nitrogens is 1. The van der Waals surface area contributed by atoms with Gasteiger partial charge in [0.05, 0.1) is 5.69 Å². The number of halogens is 1. The van der Waals surface area contributed by atoms with Gasteiger partial charge in [-0.1, -0.05) is 35.2 Å². The van der Waals surface area contributed by atoms with Crippen LogP contribution in [0.2, 0.25) is 5.02 Å². The average molecular weight is 266 g/mol. The zero-order valence-corrected chi connectivity index (χ0v) is 11.3. The largest absolute Gasteiger partial charge is 0.348 e. The molecule has 3 rings (SSSR count). The highest BCUT2D eigenvalue weighted by molar-refractivity contribution is 6.31. The molecule has 1 aromatic heterocycles. The normalized spacial score (nSPS) is 10.2. The molecule has 0 fully saturated rings. The molecule has 2 heteroatoms. The van der Waals surface area contributed by atoms with Crippen molar-refractivity contribution < 1.29 is 0 Å². The summed E-state index contributed by atoms with van der Waals surface area (Å²) in [6, 6.07) is 16.0. The molecule has 0 saturated heterocycles. The Morgan fingerprint density at radius 1 is 0.947 bits per heavy atom. The molecule has 0 atom stereocenters. The van der Waals surface area contributed by atoms with E-state index in [4.69, 9.17) is 11.6 Å². The molecule has 0 aliphatic rings. The lowest BCUT2D eigenvalue weighted by Crippen LogP contribution is -1.76. The second kappa shape index (κ2) is 4.84. The summed E-state index contributed by atoms with van der Waals surface area (Å²) >= 11 is 5.97. The molecule has 3 aromatic rings. The van der Waals surface area contributed by atoms with Crippen molar-refractivity contribution >= 4 is 22.5 Å². The van der Waals surface area contributed by atoms with Gasteiger partial charge in [-0.15, -0.1) is 0 Å². The van der Waals surface area contributed by atoms with E-state index in [2.05, 4.69) is 35.9 Å². The van der Waals surface area contributed by atoms with E-state index in [9.17, 15) is 0 Å². The number of nitrogens with one attached hydrogen (secondary N) is 1. The first-order chi connectivity index (χ1) is 9.20. The lowest BCUT2D eigenvalue weighted by atomic mass is 10.1. The second-order valence-electron chi connectivity index (χ2n) is 4.53.